The Balaban J connectivity index is 1.72. The second kappa shape index (κ2) is 9.79. The summed E-state index contributed by atoms with van der Waals surface area (Å²) < 4.78 is 47.4. The maximum Gasteiger partial charge on any atom is 0.279 e. The van der Waals surface area contributed by atoms with Gasteiger partial charge in [-0.3, -0.25) is 10.7 Å². The second-order valence-corrected chi connectivity index (χ2v) is 10.7. The fraction of sp³-hybridized carbons (Fsp3) is 0.500. The van der Waals surface area contributed by atoms with Crippen molar-refractivity contribution in [3.8, 4) is 0 Å². The highest BCUT2D eigenvalue weighted by molar-refractivity contribution is 9.10. The predicted molar refractivity (Wildman–Crippen MR) is 119 cm³/mol. The Morgan fingerprint density at radius 3 is 2.84 bits per heavy atom. The first kappa shape index (κ1) is 24.5. The Hall–Kier alpha value is -2.13. The lowest BCUT2D eigenvalue weighted by molar-refractivity contribution is 0.234. The second-order valence-electron chi connectivity index (χ2n) is 8.16. The molecule has 0 bridgehead atoms. The number of amidine groups is 1. The quantitative estimate of drug-likeness (QED) is 0.230. The number of anilines is 1. The molecular formula is C18H25BrFN7O4S. The molecule has 1 aromatic carbocycles. The molecule has 1 atom stereocenters. The minimum atomic E-state index is -3.55. The molecular weight excluding hydrogens is 509 g/mol. The summed E-state index contributed by atoms with van der Waals surface area (Å²) in [6.07, 6.45) is 0.641. The highest BCUT2D eigenvalue weighted by Crippen LogP contribution is 2.32. The van der Waals surface area contributed by atoms with Crippen molar-refractivity contribution < 1.29 is 22.6 Å². The molecule has 2 heterocycles. The molecule has 1 aliphatic rings. The number of benzene rings is 1. The average molecular weight is 534 g/mol. The highest BCUT2D eigenvalue weighted by Gasteiger charge is 2.39. The van der Waals surface area contributed by atoms with Crippen molar-refractivity contribution >= 4 is 43.5 Å². The Kier molecular flexibility index (Phi) is 7.50. The number of aliphatic imine (C=N–C) groups is 1. The van der Waals surface area contributed by atoms with E-state index in [0.29, 0.717) is 31.7 Å². The van der Waals surface area contributed by atoms with Crippen LogP contribution in [0.15, 0.2) is 32.3 Å². The van der Waals surface area contributed by atoms with Gasteiger partial charge in [0.15, 0.2) is 11.5 Å². The molecule has 0 aliphatic carbocycles. The third-order valence-electron chi connectivity index (χ3n) is 4.89. The Morgan fingerprint density at radius 1 is 1.44 bits per heavy atom. The van der Waals surface area contributed by atoms with Gasteiger partial charge in [0.1, 0.15) is 5.82 Å². The van der Waals surface area contributed by atoms with E-state index in [1.54, 1.807) is 13.8 Å². The molecule has 0 saturated carbocycles. The van der Waals surface area contributed by atoms with Crippen molar-refractivity contribution in [2.75, 3.05) is 25.0 Å². The minimum Gasteiger partial charge on any atom is -0.365 e. The lowest BCUT2D eigenvalue weighted by atomic mass is 9.90. The van der Waals surface area contributed by atoms with E-state index >= 15 is 0 Å². The van der Waals surface area contributed by atoms with Crippen LogP contribution in [0.2, 0.25) is 0 Å². The predicted octanol–water partition coefficient (Wildman–Crippen LogP) is 2.39. The van der Waals surface area contributed by atoms with Crippen molar-refractivity contribution in [2.45, 2.75) is 33.2 Å². The molecule has 1 aromatic heterocycles. The lowest BCUT2D eigenvalue weighted by Gasteiger charge is -2.25. The molecule has 1 aliphatic heterocycles. The summed E-state index contributed by atoms with van der Waals surface area (Å²) >= 11 is 3.08. The number of aromatic nitrogens is 2. The van der Waals surface area contributed by atoms with Gasteiger partial charge in [-0.05, 0) is 70.1 Å². The van der Waals surface area contributed by atoms with Crippen LogP contribution >= 0.6 is 15.9 Å². The van der Waals surface area contributed by atoms with Crippen LogP contribution in [0.3, 0.4) is 0 Å². The van der Waals surface area contributed by atoms with E-state index in [9.17, 15) is 18.0 Å². The molecule has 32 heavy (non-hydrogen) atoms. The third-order valence-corrected chi connectivity index (χ3v) is 7.26. The maximum absolute atomic E-state index is 13.5. The van der Waals surface area contributed by atoms with Crippen molar-refractivity contribution in [3.05, 3.63) is 34.2 Å². The third kappa shape index (κ3) is 5.81. The summed E-state index contributed by atoms with van der Waals surface area (Å²) in [6.45, 7) is 6.61. The zero-order chi connectivity index (χ0) is 23.5. The average Bonchev–Trinajstić information content (AvgIpc) is 3.34. The standard InChI is InChI=1S/C18H25BrFN7O4S/c1-11(2)26-32(29,30)27-7-6-18(3,10-27)9-21-16-15(24-31-25-16)17(23-28)22-12-4-5-14(20)13(19)8-12/h4-5,8,11,26,28H,6-7,9-10H2,1-3H3,(H,21,25)(H,22,23)/t18-/m0/s1. The summed E-state index contributed by atoms with van der Waals surface area (Å²) in [4.78, 5) is 4.21. The first-order valence-electron chi connectivity index (χ1n) is 9.81. The van der Waals surface area contributed by atoms with E-state index in [0.717, 1.165) is 0 Å². The van der Waals surface area contributed by atoms with Gasteiger partial charge in [-0.2, -0.15) is 17.4 Å². The van der Waals surface area contributed by atoms with Crippen LogP contribution in [0, 0.1) is 11.2 Å². The van der Waals surface area contributed by atoms with Crippen LogP contribution in [-0.2, 0) is 10.2 Å². The molecule has 1 fully saturated rings. The van der Waals surface area contributed by atoms with Gasteiger partial charge in [0.25, 0.3) is 10.2 Å². The van der Waals surface area contributed by atoms with Crippen LogP contribution in [0.5, 0.6) is 0 Å². The largest absolute Gasteiger partial charge is 0.365 e. The number of hydroxylamine groups is 1. The summed E-state index contributed by atoms with van der Waals surface area (Å²) in [5.74, 6) is -0.291. The van der Waals surface area contributed by atoms with Gasteiger partial charge in [0.05, 0.1) is 10.2 Å². The van der Waals surface area contributed by atoms with Crippen LogP contribution in [0.4, 0.5) is 15.9 Å². The summed E-state index contributed by atoms with van der Waals surface area (Å²) in [5, 5.41) is 20.2. The Labute approximate surface area is 193 Å². The van der Waals surface area contributed by atoms with Crippen LogP contribution < -0.4 is 15.5 Å². The number of hydrogen-bond acceptors (Lipinski definition) is 8. The van der Waals surface area contributed by atoms with E-state index in [4.69, 9.17) is 4.63 Å². The number of hydrogen-bond donors (Lipinski definition) is 4. The molecule has 0 amide bonds. The van der Waals surface area contributed by atoms with Crippen LogP contribution in [-0.4, -0.2) is 59.8 Å². The van der Waals surface area contributed by atoms with Gasteiger partial charge in [-0.25, -0.2) is 14.0 Å². The van der Waals surface area contributed by atoms with Gasteiger partial charge in [0, 0.05) is 25.7 Å². The van der Waals surface area contributed by atoms with E-state index in [-0.39, 0.29) is 33.3 Å². The zero-order valence-electron chi connectivity index (χ0n) is 17.8. The fourth-order valence-electron chi connectivity index (χ4n) is 3.27. The molecule has 14 heteroatoms. The van der Waals surface area contributed by atoms with E-state index in [1.807, 2.05) is 12.4 Å². The van der Waals surface area contributed by atoms with Crippen molar-refractivity contribution in [2.24, 2.45) is 10.4 Å². The Morgan fingerprint density at radius 2 is 2.19 bits per heavy atom. The first-order chi connectivity index (χ1) is 15.0. The molecule has 2 aromatic rings. The molecule has 176 valence electrons. The number of rotatable bonds is 8. The first-order valence-corrected chi connectivity index (χ1v) is 12.0. The molecule has 0 radical (unpaired) electrons. The van der Waals surface area contributed by atoms with Gasteiger partial charge in [-0.15, -0.1) is 0 Å². The summed E-state index contributed by atoms with van der Waals surface area (Å²) in [7, 11) is -3.55. The molecule has 0 spiro atoms. The van der Waals surface area contributed by atoms with Gasteiger partial charge >= 0.3 is 0 Å². The summed E-state index contributed by atoms with van der Waals surface area (Å²) in [5.41, 5.74) is 2.05. The molecule has 4 N–H and O–H groups in total. The topological polar surface area (TPSA) is 145 Å². The zero-order valence-corrected chi connectivity index (χ0v) is 20.2. The normalized spacial score (nSPS) is 20.2. The number of nitrogens with zero attached hydrogens (tertiary/aromatic N) is 4. The van der Waals surface area contributed by atoms with Gasteiger partial charge < -0.3 is 5.32 Å². The number of nitrogens with one attached hydrogen (secondary N) is 3. The fourth-order valence-corrected chi connectivity index (χ4v) is 5.20. The van der Waals surface area contributed by atoms with Gasteiger partial charge in [-0.1, -0.05) is 6.92 Å². The van der Waals surface area contributed by atoms with Gasteiger partial charge in [0.2, 0.25) is 5.82 Å². The van der Waals surface area contributed by atoms with E-state index in [2.05, 4.69) is 41.3 Å². The number of halogens is 2. The van der Waals surface area contributed by atoms with Crippen molar-refractivity contribution in [1.29, 1.82) is 0 Å². The summed E-state index contributed by atoms with van der Waals surface area (Å²) in [6, 6.07) is 3.90. The Bertz CT molecular complexity index is 1090. The SMILES string of the molecule is CC(C)NS(=O)(=O)N1CC[C@@](C)(CNc2nonc2C(=Nc2ccc(F)c(Br)c2)NO)C1. The highest BCUT2D eigenvalue weighted by atomic mass is 79.9. The van der Waals surface area contributed by atoms with E-state index in [1.165, 1.54) is 22.5 Å². The molecule has 11 nitrogen and oxygen atoms in total. The lowest BCUT2D eigenvalue weighted by Crippen LogP contribution is -2.43. The monoisotopic (exact) mass is 533 g/mol. The maximum atomic E-state index is 13.5. The smallest absolute Gasteiger partial charge is 0.279 e. The molecule has 0 unspecified atom stereocenters. The van der Waals surface area contributed by atoms with Crippen LogP contribution in [0.1, 0.15) is 32.9 Å². The van der Waals surface area contributed by atoms with Crippen molar-refractivity contribution in [1.82, 2.24) is 24.8 Å². The van der Waals surface area contributed by atoms with Crippen LogP contribution in [0.25, 0.3) is 0 Å². The minimum absolute atomic E-state index is 0.0610. The van der Waals surface area contributed by atoms with Crippen molar-refractivity contribution in [3.63, 3.8) is 0 Å². The van der Waals surface area contributed by atoms with E-state index < -0.39 is 16.0 Å². The molecule has 1 saturated heterocycles. The molecule has 3 rings (SSSR count).